The largest absolute Gasteiger partial charge is 0.480 e. The molecule has 1 rings (SSSR count). The molecule has 1 atom stereocenters. The standard InChI is InChI=1S/C15H29NO2/c1-6-16(15(4,5)13(17)18)12-8-7-10-14(2,3)11-9-12/h12H,6-11H2,1-5H3,(H,17,18). The van der Waals surface area contributed by atoms with E-state index in [0.29, 0.717) is 11.5 Å². The number of aliphatic carboxylic acids is 1. The van der Waals surface area contributed by atoms with Gasteiger partial charge in [-0.05, 0) is 51.5 Å². The zero-order valence-electron chi connectivity index (χ0n) is 12.6. The van der Waals surface area contributed by atoms with Crippen LogP contribution in [-0.2, 0) is 4.79 Å². The van der Waals surface area contributed by atoms with Crippen LogP contribution in [-0.4, -0.2) is 34.1 Å². The third-order valence-electron chi connectivity index (χ3n) is 4.57. The van der Waals surface area contributed by atoms with E-state index >= 15 is 0 Å². The summed E-state index contributed by atoms with van der Waals surface area (Å²) < 4.78 is 0. The van der Waals surface area contributed by atoms with Gasteiger partial charge in [-0.1, -0.05) is 27.2 Å². The van der Waals surface area contributed by atoms with Gasteiger partial charge in [0.1, 0.15) is 5.54 Å². The highest BCUT2D eigenvalue weighted by molar-refractivity contribution is 5.77. The minimum atomic E-state index is -0.756. The van der Waals surface area contributed by atoms with E-state index in [4.69, 9.17) is 0 Å². The number of carbonyl (C=O) groups is 1. The van der Waals surface area contributed by atoms with Crippen molar-refractivity contribution >= 4 is 5.97 Å². The van der Waals surface area contributed by atoms with Crippen molar-refractivity contribution in [2.24, 2.45) is 5.41 Å². The molecule has 0 aliphatic heterocycles. The Balaban J connectivity index is 2.80. The van der Waals surface area contributed by atoms with E-state index in [1.807, 2.05) is 13.8 Å². The molecule has 0 aromatic carbocycles. The summed E-state index contributed by atoms with van der Waals surface area (Å²) in [5.74, 6) is -0.715. The lowest BCUT2D eigenvalue weighted by atomic mass is 9.85. The zero-order chi connectivity index (χ0) is 14.0. The summed E-state index contributed by atoms with van der Waals surface area (Å²) in [6, 6.07) is 0.419. The summed E-state index contributed by atoms with van der Waals surface area (Å²) in [7, 11) is 0. The van der Waals surface area contributed by atoms with Crippen LogP contribution in [0.2, 0.25) is 0 Å². The van der Waals surface area contributed by atoms with Gasteiger partial charge in [0.2, 0.25) is 0 Å². The number of carboxylic acid groups (broad SMARTS) is 1. The van der Waals surface area contributed by atoms with E-state index in [9.17, 15) is 9.90 Å². The SMILES string of the molecule is CCN(C1CCCC(C)(C)CC1)C(C)(C)C(=O)O. The van der Waals surface area contributed by atoms with Crippen molar-refractivity contribution in [3.05, 3.63) is 0 Å². The first kappa shape index (κ1) is 15.5. The Bertz CT molecular complexity index is 297. The lowest BCUT2D eigenvalue weighted by Crippen LogP contribution is -2.54. The molecule has 0 aromatic heterocycles. The number of likely N-dealkylation sites (N-methyl/N-ethyl adjacent to an activating group) is 1. The van der Waals surface area contributed by atoms with Crippen LogP contribution < -0.4 is 0 Å². The van der Waals surface area contributed by atoms with Gasteiger partial charge in [0.25, 0.3) is 0 Å². The van der Waals surface area contributed by atoms with Crippen molar-refractivity contribution in [2.45, 2.75) is 78.3 Å². The molecule has 0 saturated heterocycles. The van der Waals surface area contributed by atoms with E-state index in [1.54, 1.807) is 0 Å². The summed E-state index contributed by atoms with van der Waals surface area (Å²) in [6.45, 7) is 11.2. The van der Waals surface area contributed by atoms with Crippen LogP contribution in [0, 0.1) is 5.41 Å². The molecular formula is C15H29NO2. The van der Waals surface area contributed by atoms with Crippen molar-refractivity contribution in [1.29, 1.82) is 0 Å². The highest BCUT2D eigenvalue weighted by atomic mass is 16.4. The molecular weight excluding hydrogens is 226 g/mol. The van der Waals surface area contributed by atoms with Crippen molar-refractivity contribution < 1.29 is 9.90 Å². The average Bonchev–Trinajstić information content (AvgIpc) is 2.41. The first-order valence-corrected chi connectivity index (χ1v) is 7.21. The van der Waals surface area contributed by atoms with Gasteiger partial charge in [0.15, 0.2) is 0 Å². The Morgan fingerprint density at radius 3 is 2.44 bits per heavy atom. The van der Waals surface area contributed by atoms with Gasteiger partial charge in [0, 0.05) is 6.04 Å². The second kappa shape index (κ2) is 5.60. The van der Waals surface area contributed by atoms with Crippen LogP contribution in [0.4, 0.5) is 0 Å². The van der Waals surface area contributed by atoms with Gasteiger partial charge in [-0.15, -0.1) is 0 Å². The van der Waals surface area contributed by atoms with Crippen LogP contribution in [0.25, 0.3) is 0 Å². The van der Waals surface area contributed by atoms with Gasteiger partial charge >= 0.3 is 5.97 Å². The smallest absolute Gasteiger partial charge is 0.323 e. The van der Waals surface area contributed by atoms with Crippen molar-refractivity contribution in [1.82, 2.24) is 4.90 Å². The first-order valence-electron chi connectivity index (χ1n) is 7.21. The molecule has 3 heteroatoms. The first-order chi connectivity index (χ1) is 8.20. The molecule has 0 bridgehead atoms. The second-order valence-electron chi connectivity index (χ2n) is 6.90. The summed E-state index contributed by atoms with van der Waals surface area (Å²) in [4.78, 5) is 13.6. The molecule has 0 aromatic rings. The molecule has 18 heavy (non-hydrogen) atoms. The van der Waals surface area contributed by atoms with E-state index in [1.165, 1.54) is 19.3 Å². The van der Waals surface area contributed by atoms with Crippen molar-refractivity contribution in [3.8, 4) is 0 Å². The van der Waals surface area contributed by atoms with Crippen molar-refractivity contribution in [3.63, 3.8) is 0 Å². The predicted octanol–water partition coefficient (Wildman–Crippen LogP) is 3.53. The summed E-state index contributed by atoms with van der Waals surface area (Å²) in [6.07, 6.45) is 5.92. The summed E-state index contributed by atoms with van der Waals surface area (Å²) >= 11 is 0. The molecule has 1 unspecified atom stereocenters. The van der Waals surface area contributed by atoms with Gasteiger partial charge in [-0.2, -0.15) is 0 Å². The van der Waals surface area contributed by atoms with E-state index < -0.39 is 11.5 Å². The fourth-order valence-electron chi connectivity index (χ4n) is 3.19. The second-order valence-corrected chi connectivity index (χ2v) is 6.90. The maximum Gasteiger partial charge on any atom is 0.323 e. The average molecular weight is 255 g/mol. The number of carboxylic acids is 1. The molecule has 1 aliphatic carbocycles. The highest BCUT2D eigenvalue weighted by Gasteiger charge is 2.39. The number of rotatable bonds is 4. The van der Waals surface area contributed by atoms with E-state index in [2.05, 4.69) is 25.7 Å². The molecule has 0 spiro atoms. The molecule has 0 amide bonds. The lowest BCUT2D eigenvalue weighted by Gasteiger charge is -2.40. The fourth-order valence-corrected chi connectivity index (χ4v) is 3.19. The minimum absolute atomic E-state index is 0.418. The fraction of sp³-hybridized carbons (Fsp3) is 0.933. The molecule has 3 nitrogen and oxygen atoms in total. The van der Waals surface area contributed by atoms with E-state index in [0.717, 1.165) is 19.4 Å². The minimum Gasteiger partial charge on any atom is -0.480 e. The Morgan fingerprint density at radius 1 is 1.33 bits per heavy atom. The monoisotopic (exact) mass is 255 g/mol. The number of nitrogens with zero attached hydrogens (tertiary/aromatic N) is 1. The molecule has 106 valence electrons. The van der Waals surface area contributed by atoms with Gasteiger partial charge in [-0.3, -0.25) is 9.69 Å². The molecule has 0 radical (unpaired) electrons. The van der Waals surface area contributed by atoms with Crippen LogP contribution in [0.3, 0.4) is 0 Å². The highest BCUT2D eigenvalue weighted by Crippen LogP contribution is 2.36. The van der Waals surface area contributed by atoms with Crippen LogP contribution in [0.5, 0.6) is 0 Å². The third kappa shape index (κ3) is 3.47. The molecule has 1 N–H and O–H groups in total. The normalized spacial score (nSPS) is 24.9. The lowest BCUT2D eigenvalue weighted by molar-refractivity contribution is -0.151. The Labute approximate surface area is 112 Å². The van der Waals surface area contributed by atoms with Gasteiger partial charge in [0.05, 0.1) is 0 Å². The Kier molecular flexibility index (Phi) is 4.82. The number of hydrogen-bond donors (Lipinski definition) is 1. The molecule has 1 fully saturated rings. The molecule has 1 aliphatic rings. The predicted molar refractivity (Wildman–Crippen MR) is 74.7 cm³/mol. The Morgan fingerprint density at radius 2 is 1.94 bits per heavy atom. The topological polar surface area (TPSA) is 40.5 Å². The van der Waals surface area contributed by atoms with Crippen LogP contribution in [0.15, 0.2) is 0 Å². The summed E-state index contributed by atoms with van der Waals surface area (Å²) in [5, 5.41) is 9.40. The van der Waals surface area contributed by atoms with Crippen molar-refractivity contribution in [2.75, 3.05) is 6.54 Å². The maximum atomic E-state index is 11.4. The van der Waals surface area contributed by atoms with Crippen LogP contribution >= 0.6 is 0 Å². The molecule has 0 heterocycles. The van der Waals surface area contributed by atoms with Gasteiger partial charge < -0.3 is 5.11 Å². The maximum absolute atomic E-state index is 11.4. The summed E-state index contributed by atoms with van der Waals surface area (Å²) in [5.41, 5.74) is -0.338. The zero-order valence-corrected chi connectivity index (χ0v) is 12.6. The van der Waals surface area contributed by atoms with E-state index in [-0.39, 0.29) is 0 Å². The third-order valence-corrected chi connectivity index (χ3v) is 4.57. The number of hydrogen-bond acceptors (Lipinski definition) is 2. The molecule has 1 saturated carbocycles. The van der Waals surface area contributed by atoms with Gasteiger partial charge in [-0.25, -0.2) is 0 Å². The quantitative estimate of drug-likeness (QED) is 0.781. The van der Waals surface area contributed by atoms with Crippen LogP contribution in [0.1, 0.15) is 66.7 Å². The Hall–Kier alpha value is -0.570.